The predicted molar refractivity (Wildman–Crippen MR) is 76.2 cm³/mol. The topological polar surface area (TPSA) is 30.5 Å². The lowest BCUT2D eigenvalue weighted by Crippen LogP contribution is -2.60. The van der Waals surface area contributed by atoms with Gasteiger partial charge in [0.25, 0.3) is 0 Å². The van der Waals surface area contributed by atoms with Gasteiger partial charge in [0.15, 0.2) is 0 Å². The molecule has 0 unspecified atom stereocenters. The minimum Gasteiger partial charge on any atom is -0.378 e. The van der Waals surface area contributed by atoms with E-state index in [1.165, 1.54) is 6.42 Å². The summed E-state index contributed by atoms with van der Waals surface area (Å²) >= 11 is 0. The SMILES string of the molecule is CCCCN[Si](C)(OC(C)(C)C)OC(C)(C)C. The van der Waals surface area contributed by atoms with E-state index in [0.29, 0.717) is 0 Å². The summed E-state index contributed by atoms with van der Waals surface area (Å²) in [7, 11) is -2.31. The van der Waals surface area contributed by atoms with Crippen LogP contribution in [-0.2, 0) is 8.85 Å². The van der Waals surface area contributed by atoms with E-state index in [1.807, 2.05) is 0 Å². The summed E-state index contributed by atoms with van der Waals surface area (Å²) in [6.07, 6.45) is 2.34. The second-order valence-electron chi connectivity index (χ2n) is 6.65. The molecule has 0 amide bonds. The third kappa shape index (κ3) is 9.77. The maximum atomic E-state index is 6.15. The molecule has 4 heteroatoms. The van der Waals surface area contributed by atoms with Gasteiger partial charge in [-0.1, -0.05) is 13.3 Å². The molecule has 17 heavy (non-hydrogen) atoms. The van der Waals surface area contributed by atoms with Crippen LogP contribution in [0.25, 0.3) is 0 Å². The van der Waals surface area contributed by atoms with Crippen LogP contribution in [0.1, 0.15) is 61.3 Å². The first-order chi connectivity index (χ1) is 7.47. The lowest BCUT2D eigenvalue weighted by molar-refractivity contribution is 0.0114. The molecular formula is C13H31NO2Si. The van der Waals surface area contributed by atoms with E-state index >= 15 is 0 Å². The summed E-state index contributed by atoms with van der Waals surface area (Å²) in [5.74, 6) is 0. The van der Waals surface area contributed by atoms with Gasteiger partial charge >= 0.3 is 8.72 Å². The Bertz CT molecular complexity index is 202. The van der Waals surface area contributed by atoms with Gasteiger partial charge in [-0.2, -0.15) is 0 Å². The summed E-state index contributed by atoms with van der Waals surface area (Å²) < 4.78 is 12.3. The molecule has 0 aromatic carbocycles. The highest BCUT2D eigenvalue weighted by Crippen LogP contribution is 2.21. The Hall–Kier alpha value is 0.0969. The second-order valence-corrected chi connectivity index (χ2v) is 9.31. The number of nitrogens with one attached hydrogen (secondary N) is 1. The highest BCUT2D eigenvalue weighted by Gasteiger charge is 2.39. The molecule has 0 rings (SSSR count). The molecule has 0 saturated heterocycles. The molecule has 3 nitrogen and oxygen atoms in total. The molecule has 0 heterocycles. The average Bonchev–Trinajstić information content (AvgIpc) is 1.96. The van der Waals surface area contributed by atoms with Crippen LogP contribution < -0.4 is 4.98 Å². The smallest absolute Gasteiger partial charge is 0.378 e. The Labute approximate surface area is 109 Å². The van der Waals surface area contributed by atoms with Crippen molar-refractivity contribution in [3.63, 3.8) is 0 Å². The first kappa shape index (κ1) is 17.1. The highest BCUT2D eigenvalue weighted by atomic mass is 28.4. The molecular weight excluding hydrogens is 230 g/mol. The van der Waals surface area contributed by atoms with Crippen LogP contribution in [0.2, 0.25) is 6.55 Å². The maximum absolute atomic E-state index is 6.15. The van der Waals surface area contributed by atoms with E-state index < -0.39 is 8.72 Å². The zero-order valence-corrected chi connectivity index (χ0v) is 13.9. The van der Waals surface area contributed by atoms with Gasteiger partial charge in [-0.05, 0) is 61.1 Å². The number of hydrogen-bond donors (Lipinski definition) is 1. The van der Waals surface area contributed by atoms with Gasteiger partial charge in [0, 0.05) is 0 Å². The van der Waals surface area contributed by atoms with Crippen LogP contribution in [0.5, 0.6) is 0 Å². The Morgan fingerprint density at radius 3 is 1.65 bits per heavy atom. The quantitative estimate of drug-likeness (QED) is 0.585. The Morgan fingerprint density at radius 1 is 0.941 bits per heavy atom. The van der Waals surface area contributed by atoms with Crippen molar-refractivity contribution in [2.75, 3.05) is 6.54 Å². The zero-order chi connectivity index (χ0) is 13.7. The van der Waals surface area contributed by atoms with Gasteiger partial charge < -0.3 is 8.85 Å². The van der Waals surface area contributed by atoms with E-state index in [0.717, 1.165) is 13.0 Å². The molecule has 0 aliphatic heterocycles. The minimum absolute atomic E-state index is 0.175. The number of unbranched alkanes of at least 4 members (excludes halogenated alkanes) is 1. The number of rotatable bonds is 6. The Balaban J connectivity index is 4.57. The standard InChI is InChI=1S/C13H31NO2Si/c1-9-10-11-14-17(8,15-12(2,3)4)16-13(5,6)7/h14H,9-11H2,1-8H3. The van der Waals surface area contributed by atoms with Gasteiger partial charge in [-0.3, -0.25) is 4.98 Å². The highest BCUT2D eigenvalue weighted by molar-refractivity contribution is 6.63. The van der Waals surface area contributed by atoms with Gasteiger partial charge in [0.2, 0.25) is 0 Å². The van der Waals surface area contributed by atoms with Crippen LogP contribution in [0.15, 0.2) is 0 Å². The normalized spacial score (nSPS) is 14.1. The first-order valence-electron chi connectivity index (χ1n) is 6.63. The zero-order valence-electron chi connectivity index (χ0n) is 12.9. The van der Waals surface area contributed by atoms with Gasteiger partial charge in [0.1, 0.15) is 0 Å². The fraction of sp³-hybridized carbons (Fsp3) is 1.00. The lowest BCUT2D eigenvalue weighted by Gasteiger charge is -2.38. The van der Waals surface area contributed by atoms with Crippen LogP contribution in [0, 0.1) is 0 Å². The van der Waals surface area contributed by atoms with E-state index in [1.54, 1.807) is 0 Å². The van der Waals surface area contributed by atoms with Gasteiger partial charge in [-0.25, -0.2) is 0 Å². The largest absolute Gasteiger partial charge is 0.422 e. The molecule has 0 aliphatic carbocycles. The van der Waals surface area contributed by atoms with E-state index in [9.17, 15) is 0 Å². The summed E-state index contributed by atoms with van der Waals surface area (Å²) in [6.45, 7) is 17.7. The Morgan fingerprint density at radius 2 is 1.35 bits per heavy atom. The summed E-state index contributed by atoms with van der Waals surface area (Å²) in [6, 6.07) is 0. The van der Waals surface area contributed by atoms with Crippen molar-refractivity contribution in [3.05, 3.63) is 0 Å². The molecule has 0 radical (unpaired) electrons. The minimum atomic E-state index is -2.31. The molecule has 0 atom stereocenters. The van der Waals surface area contributed by atoms with Crippen LogP contribution in [0.3, 0.4) is 0 Å². The summed E-state index contributed by atoms with van der Waals surface area (Å²) in [5.41, 5.74) is -0.350. The van der Waals surface area contributed by atoms with Crippen molar-refractivity contribution < 1.29 is 8.85 Å². The fourth-order valence-electron chi connectivity index (χ4n) is 1.75. The van der Waals surface area contributed by atoms with Crippen LogP contribution in [-0.4, -0.2) is 26.5 Å². The van der Waals surface area contributed by atoms with Crippen molar-refractivity contribution in [2.24, 2.45) is 0 Å². The van der Waals surface area contributed by atoms with Crippen molar-refractivity contribution in [3.8, 4) is 0 Å². The van der Waals surface area contributed by atoms with Crippen LogP contribution >= 0.6 is 0 Å². The van der Waals surface area contributed by atoms with Gasteiger partial charge in [0.05, 0.1) is 11.2 Å². The first-order valence-corrected chi connectivity index (χ1v) is 8.94. The van der Waals surface area contributed by atoms with Gasteiger partial charge in [-0.15, -0.1) is 0 Å². The molecule has 1 N–H and O–H groups in total. The average molecular weight is 261 g/mol. The second kappa shape index (κ2) is 6.32. The maximum Gasteiger partial charge on any atom is 0.422 e. The number of hydrogen-bond acceptors (Lipinski definition) is 3. The molecule has 0 aromatic rings. The molecule has 0 saturated carbocycles. The lowest BCUT2D eigenvalue weighted by atomic mass is 10.2. The molecule has 104 valence electrons. The third-order valence-electron chi connectivity index (χ3n) is 1.98. The van der Waals surface area contributed by atoms with E-state index in [-0.39, 0.29) is 11.2 Å². The summed E-state index contributed by atoms with van der Waals surface area (Å²) in [4.78, 5) is 3.50. The third-order valence-corrected chi connectivity index (χ3v) is 4.87. The molecule has 0 fully saturated rings. The van der Waals surface area contributed by atoms with Crippen molar-refractivity contribution >= 4 is 8.72 Å². The van der Waals surface area contributed by atoms with Crippen molar-refractivity contribution in [2.45, 2.75) is 79.1 Å². The fourth-order valence-corrected chi connectivity index (χ4v) is 4.91. The summed E-state index contributed by atoms with van der Waals surface area (Å²) in [5, 5.41) is 0. The van der Waals surface area contributed by atoms with E-state index in [4.69, 9.17) is 8.85 Å². The van der Waals surface area contributed by atoms with E-state index in [2.05, 4.69) is 60.0 Å². The molecule has 0 spiro atoms. The van der Waals surface area contributed by atoms with Crippen LogP contribution in [0.4, 0.5) is 0 Å². The molecule has 0 aromatic heterocycles. The van der Waals surface area contributed by atoms with Crippen molar-refractivity contribution in [1.82, 2.24) is 4.98 Å². The Kier molecular flexibility index (Phi) is 6.35. The predicted octanol–water partition coefficient (Wildman–Crippen LogP) is 3.58. The monoisotopic (exact) mass is 261 g/mol. The molecule has 0 bridgehead atoms. The molecule has 0 aliphatic rings. The van der Waals surface area contributed by atoms with Crippen molar-refractivity contribution in [1.29, 1.82) is 0 Å².